The number of benzene rings is 1. The second-order valence-electron chi connectivity index (χ2n) is 3.86. The summed E-state index contributed by atoms with van der Waals surface area (Å²) in [5.41, 5.74) is 1.03. The number of thioether (sulfide) groups is 1. The van der Waals surface area contributed by atoms with Crippen molar-refractivity contribution in [2.45, 2.75) is 17.9 Å². The zero-order valence-corrected chi connectivity index (χ0v) is 10.8. The van der Waals surface area contributed by atoms with Gasteiger partial charge in [0.1, 0.15) is 11.4 Å². The number of nitrogens with zero attached hydrogens (tertiary/aromatic N) is 2. The van der Waals surface area contributed by atoms with Crippen molar-refractivity contribution in [3.8, 4) is 0 Å². The van der Waals surface area contributed by atoms with Crippen molar-refractivity contribution >= 4 is 22.7 Å². The first-order valence-corrected chi connectivity index (χ1v) is 6.87. The monoisotopic (exact) mass is 247 g/mol. The SMILES string of the molecule is CNCCCCSc1ncnc2ccccc12. The third-order valence-corrected chi connectivity index (χ3v) is 3.66. The summed E-state index contributed by atoms with van der Waals surface area (Å²) in [5.74, 6) is 1.11. The second-order valence-corrected chi connectivity index (χ2v) is 4.94. The number of unbranched alkanes of at least 4 members (excludes halogenated alkanes) is 1. The molecule has 2 rings (SSSR count). The van der Waals surface area contributed by atoms with Crippen molar-refractivity contribution in [2.75, 3.05) is 19.3 Å². The Morgan fingerprint density at radius 3 is 2.94 bits per heavy atom. The van der Waals surface area contributed by atoms with Gasteiger partial charge in [0.05, 0.1) is 5.52 Å². The van der Waals surface area contributed by atoms with Crippen LogP contribution >= 0.6 is 11.8 Å². The average Bonchev–Trinajstić information content (AvgIpc) is 2.39. The molecule has 3 nitrogen and oxygen atoms in total. The fraction of sp³-hybridized carbons (Fsp3) is 0.385. The molecule has 1 aromatic carbocycles. The highest BCUT2D eigenvalue weighted by Crippen LogP contribution is 2.24. The molecule has 0 aliphatic rings. The van der Waals surface area contributed by atoms with Crippen LogP contribution in [0.15, 0.2) is 35.6 Å². The van der Waals surface area contributed by atoms with Gasteiger partial charge in [-0.25, -0.2) is 9.97 Å². The van der Waals surface area contributed by atoms with Crippen LogP contribution in [-0.4, -0.2) is 29.3 Å². The standard InChI is InChI=1S/C13H17N3S/c1-14-8-4-5-9-17-13-11-6-2-3-7-12(11)15-10-16-13/h2-3,6-7,10,14H,4-5,8-9H2,1H3. The Balaban J connectivity index is 1.98. The van der Waals surface area contributed by atoms with E-state index in [1.807, 2.05) is 37.0 Å². The highest BCUT2D eigenvalue weighted by atomic mass is 32.2. The first-order chi connectivity index (χ1) is 8.42. The summed E-state index contributed by atoms with van der Waals surface area (Å²) in [7, 11) is 1.99. The Hall–Kier alpha value is -1.13. The second kappa shape index (κ2) is 6.57. The van der Waals surface area contributed by atoms with Crippen LogP contribution in [0, 0.1) is 0 Å². The summed E-state index contributed by atoms with van der Waals surface area (Å²) in [6.45, 7) is 1.09. The minimum atomic E-state index is 1.03. The molecule has 4 heteroatoms. The predicted molar refractivity (Wildman–Crippen MR) is 73.4 cm³/mol. The number of aromatic nitrogens is 2. The van der Waals surface area contributed by atoms with E-state index in [1.54, 1.807) is 6.33 Å². The molecule has 0 radical (unpaired) electrons. The summed E-state index contributed by atoms with van der Waals surface area (Å²) >= 11 is 1.82. The molecule has 2 aromatic rings. The van der Waals surface area contributed by atoms with Crippen LogP contribution < -0.4 is 5.32 Å². The Kier molecular flexibility index (Phi) is 4.76. The minimum Gasteiger partial charge on any atom is -0.320 e. The minimum absolute atomic E-state index is 1.03. The number of hydrogen-bond donors (Lipinski definition) is 1. The molecule has 0 saturated carbocycles. The van der Waals surface area contributed by atoms with Gasteiger partial charge in [0, 0.05) is 5.39 Å². The molecule has 1 heterocycles. The zero-order chi connectivity index (χ0) is 11.9. The first kappa shape index (κ1) is 12.3. The fourth-order valence-corrected chi connectivity index (χ4v) is 2.66. The van der Waals surface area contributed by atoms with E-state index >= 15 is 0 Å². The fourth-order valence-electron chi connectivity index (χ4n) is 1.67. The van der Waals surface area contributed by atoms with Gasteiger partial charge in [0.15, 0.2) is 0 Å². The molecule has 0 aliphatic heterocycles. The van der Waals surface area contributed by atoms with Crippen molar-refractivity contribution in [3.05, 3.63) is 30.6 Å². The van der Waals surface area contributed by atoms with Crippen LogP contribution in [0.1, 0.15) is 12.8 Å². The lowest BCUT2D eigenvalue weighted by atomic mass is 10.2. The number of nitrogens with one attached hydrogen (secondary N) is 1. The summed E-state index contributed by atoms with van der Waals surface area (Å²) in [6, 6.07) is 8.17. The van der Waals surface area contributed by atoms with Gasteiger partial charge < -0.3 is 5.32 Å². The lowest BCUT2D eigenvalue weighted by Crippen LogP contribution is -2.07. The van der Waals surface area contributed by atoms with E-state index in [9.17, 15) is 0 Å². The molecule has 0 bridgehead atoms. The van der Waals surface area contributed by atoms with Crippen molar-refractivity contribution in [1.29, 1.82) is 0 Å². The molecular formula is C13H17N3S. The molecule has 0 spiro atoms. The van der Waals surface area contributed by atoms with E-state index in [0.717, 1.165) is 28.2 Å². The number of fused-ring (bicyclic) bond motifs is 1. The molecule has 0 amide bonds. The summed E-state index contributed by atoms with van der Waals surface area (Å²) in [6.07, 6.45) is 4.08. The largest absolute Gasteiger partial charge is 0.320 e. The van der Waals surface area contributed by atoms with Gasteiger partial charge in [0.25, 0.3) is 0 Å². The van der Waals surface area contributed by atoms with Crippen LogP contribution in [0.5, 0.6) is 0 Å². The first-order valence-electron chi connectivity index (χ1n) is 5.89. The van der Waals surface area contributed by atoms with E-state index in [2.05, 4.69) is 21.4 Å². The molecule has 0 aliphatic carbocycles. The third-order valence-electron chi connectivity index (χ3n) is 2.57. The maximum Gasteiger partial charge on any atom is 0.117 e. The van der Waals surface area contributed by atoms with Gasteiger partial charge in [-0.2, -0.15) is 0 Å². The molecular weight excluding hydrogens is 230 g/mol. The van der Waals surface area contributed by atoms with Gasteiger partial charge in [0.2, 0.25) is 0 Å². The maximum atomic E-state index is 4.36. The summed E-state index contributed by atoms with van der Waals surface area (Å²) < 4.78 is 0. The van der Waals surface area contributed by atoms with E-state index in [-0.39, 0.29) is 0 Å². The van der Waals surface area contributed by atoms with E-state index in [4.69, 9.17) is 0 Å². The molecule has 17 heavy (non-hydrogen) atoms. The maximum absolute atomic E-state index is 4.36. The van der Waals surface area contributed by atoms with Gasteiger partial charge in [-0.3, -0.25) is 0 Å². The lowest BCUT2D eigenvalue weighted by Gasteiger charge is -2.04. The molecule has 0 atom stereocenters. The predicted octanol–water partition coefficient (Wildman–Crippen LogP) is 2.72. The molecule has 90 valence electrons. The highest BCUT2D eigenvalue weighted by molar-refractivity contribution is 7.99. The lowest BCUT2D eigenvalue weighted by molar-refractivity contribution is 0.714. The van der Waals surface area contributed by atoms with Crippen LogP contribution in [-0.2, 0) is 0 Å². The molecule has 0 fully saturated rings. The van der Waals surface area contributed by atoms with Crippen LogP contribution in [0.4, 0.5) is 0 Å². The smallest absolute Gasteiger partial charge is 0.117 e. The highest BCUT2D eigenvalue weighted by Gasteiger charge is 2.02. The molecule has 0 saturated heterocycles. The van der Waals surface area contributed by atoms with Gasteiger partial charge in [-0.05, 0) is 38.3 Å². The van der Waals surface area contributed by atoms with Crippen molar-refractivity contribution in [1.82, 2.24) is 15.3 Å². The Labute approximate surface area is 106 Å². The average molecular weight is 247 g/mol. The zero-order valence-electron chi connectivity index (χ0n) is 10.0. The Bertz CT molecular complexity index is 468. The van der Waals surface area contributed by atoms with Gasteiger partial charge in [-0.15, -0.1) is 11.8 Å². The van der Waals surface area contributed by atoms with E-state index < -0.39 is 0 Å². The van der Waals surface area contributed by atoms with Crippen molar-refractivity contribution in [3.63, 3.8) is 0 Å². The molecule has 0 unspecified atom stereocenters. The van der Waals surface area contributed by atoms with Crippen LogP contribution in [0.3, 0.4) is 0 Å². The van der Waals surface area contributed by atoms with E-state index in [0.29, 0.717) is 0 Å². The number of para-hydroxylation sites is 1. The summed E-state index contributed by atoms with van der Waals surface area (Å²) in [4.78, 5) is 8.63. The van der Waals surface area contributed by atoms with Gasteiger partial charge >= 0.3 is 0 Å². The summed E-state index contributed by atoms with van der Waals surface area (Å²) in [5, 5.41) is 5.42. The molecule has 1 N–H and O–H groups in total. The normalized spacial score (nSPS) is 10.9. The quantitative estimate of drug-likeness (QED) is 0.484. The Morgan fingerprint density at radius 2 is 2.06 bits per heavy atom. The van der Waals surface area contributed by atoms with E-state index in [1.165, 1.54) is 12.8 Å². The van der Waals surface area contributed by atoms with Gasteiger partial charge in [-0.1, -0.05) is 18.2 Å². The number of rotatable bonds is 6. The molecule has 1 aromatic heterocycles. The third kappa shape index (κ3) is 3.41. The van der Waals surface area contributed by atoms with Crippen molar-refractivity contribution in [2.24, 2.45) is 0 Å². The van der Waals surface area contributed by atoms with Crippen molar-refractivity contribution < 1.29 is 0 Å². The van der Waals surface area contributed by atoms with Crippen LogP contribution in [0.2, 0.25) is 0 Å². The number of hydrogen-bond acceptors (Lipinski definition) is 4. The van der Waals surface area contributed by atoms with Crippen LogP contribution in [0.25, 0.3) is 10.9 Å². The topological polar surface area (TPSA) is 37.8 Å². The Morgan fingerprint density at radius 1 is 1.18 bits per heavy atom.